The Labute approximate surface area is 214 Å². The fourth-order valence-electron chi connectivity index (χ4n) is 3.67. The van der Waals surface area contributed by atoms with E-state index in [1.165, 1.54) is 37.2 Å². The normalized spacial score (nSPS) is 12.3. The molecule has 2 amide bonds. The molecule has 1 N–H and O–H groups in total. The van der Waals surface area contributed by atoms with Gasteiger partial charge in [-0.2, -0.15) is 12.7 Å². The van der Waals surface area contributed by atoms with Crippen LogP contribution in [0.1, 0.15) is 44.2 Å². The molecule has 0 aromatic heterocycles. The second-order valence-electron chi connectivity index (χ2n) is 8.82. The molecule has 0 radical (unpaired) electrons. The number of nitrogens with one attached hydrogen (secondary N) is 1. The van der Waals surface area contributed by atoms with Crippen LogP contribution in [-0.4, -0.2) is 62.7 Å². The Hall–Kier alpha value is -2.98. The van der Waals surface area contributed by atoms with Gasteiger partial charge in [-0.3, -0.25) is 9.59 Å². The zero-order valence-corrected chi connectivity index (χ0v) is 22.5. The molecule has 0 bridgehead atoms. The predicted molar refractivity (Wildman–Crippen MR) is 140 cm³/mol. The summed E-state index contributed by atoms with van der Waals surface area (Å²) < 4.78 is 42.6. The van der Waals surface area contributed by atoms with Gasteiger partial charge >= 0.3 is 10.2 Å². The highest BCUT2D eigenvalue weighted by atomic mass is 32.2. The van der Waals surface area contributed by atoms with Gasteiger partial charge in [-0.25, -0.2) is 8.70 Å². The number of halogens is 1. The van der Waals surface area contributed by atoms with E-state index in [1.54, 1.807) is 6.92 Å². The summed E-state index contributed by atoms with van der Waals surface area (Å²) in [6, 6.07) is 12.1. The van der Waals surface area contributed by atoms with Crippen molar-refractivity contribution in [1.82, 2.24) is 14.5 Å². The highest BCUT2D eigenvalue weighted by molar-refractivity contribution is 7.90. The number of nitrogens with zero attached hydrogens (tertiary/aromatic N) is 3. The molecule has 198 valence electrons. The SMILES string of the molecule is CCCCNC(=O)[C@@H](CC)N(Cc1ccc(C)cc1)C(=O)CN(c1ccccc1F)S(=O)(=O)N(C)C. The highest BCUT2D eigenvalue weighted by Crippen LogP contribution is 2.24. The van der Waals surface area contributed by atoms with E-state index in [4.69, 9.17) is 0 Å². The number of aryl methyl sites for hydroxylation is 1. The Morgan fingerprint density at radius 2 is 1.67 bits per heavy atom. The Kier molecular flexibility index (Phi) is 10.9. The van der Waals surface area contributed by atoms with E-state index in [1.807, 2.05) is 38.1 Å². The van der Waals surface area contributed by atoms with Crippen LogP contribution in [0.25, 0.3) is 0 Å². The van der Waals surface area contributed by atoms with Gasteiger partial charge in [0, 0.05) is 27.2 Å². The molecule has 0 heterocycles. The molecule has 2 aromatic rings. The molecule has 2 rings (SSSR count). The first-order valence-electron chi connectivity index (χ1n) is 12.1. The predicted octanol–water partition coefficient (Wildman–Crippen LogP) is 3.47. The van der Waals surface area contributed by atoms with Gasteiger partial charge in [-0.05, 0) is 37.5 Å². The Balaban J connectivity index is 2.47. The molecule has 2 aromatic carbocycles. The van der Waals surface area contributed by atoms with Crippen molar-refractivity contribution in [3.63, 3.8) is 0 Å². The number of carbonyl (C=O) groups excluding carboxylic acids is 2. The summed E-state index contributed by atoms with van der Waals surface area (Å²) in [5, 5.41) is 2.87. The number of unbranched alkanes of at least 4 members (excludes halogenated alkanes) is 1. The molecule has 1 atom stereocenters. The van der Waals surface area contributed by atoms with Crippen LogP contribution in [0.15, 0.2) is 48.5 Å². The van der Waals surface area contributed by atoms with Crippen LogP contribution in [0.2, 0.25) is 0 Å². The lowest BCUT2D eigenvalue weighted by Crippen LogP contribution is -2.53. The molecule has 0 aliphatic rings. The van der Waals surface area contributed by atoms with Gasteiger partial charge in [-0.15, -0.1) is 0 Å². The van der Waals surface area contributed by atoms with Crippen molar-refractivity contribution < 1.29 is 22.4 Å². The minimum atomic E-state index is -4.21. The Morgan fingerprint density at radius 1 is 1.03 bits per heavy atom. The van der Waals surface area contributed by atoms with Crippen molar-refractivity contribution in [2.24, 2.45) is 0 Å². The van der Waals surface area contributed by atoms with Gasteiger partial charge in [0.05, 0.1) is 5.69 Å². The molecule has 10 heteroatoms. The van der Waals surface area contributed by atoms with Crippen LogP contribution >= 0.6 is 0 Å². The maximum Gasteiger partial charge on any atom is 0.304 e. The minimum absolute atomic E-state index is 0.103. The van der Waals surface area contributed by atoms with Gasteiger partial charge in [-0.1, -0.05) is 62.2 Å². The van der Waals surface area contributed by atoms with Gasteiger partial charge in [0.2, 0.25) is 11.8 Å². The second-order valence-corrected chi connectivity index (χ2v) is 10.9. The average molecular weight is 521 g/mol. The van der Waals surface area contributed by atoms with Gasteiger partial charge in [0.25, 0.3) is 0 Å². The summed E-state index contributed by atoms with van der Waals surface area (Å²) >= 11 is 0. The average Bonchev–Trinajstić information content (AvgIpc) is 2.84. The molecule has 36 heavy (non-hydrogen) atoms. The third-order valence-electron chi connectivity index (χ3n) is 5.83. The van der Waals surface area contributed by atoms with Gasteiger partial charge in [0.15, 0.2) is 0 Å². The topological polar surface area (TPSA) is 90.0 Å². The lowest BCUT2D eigenvalue weighted by Gasteiger charge is -2.34. The summed E-state index contributed by atoms with van der Waals surface area (Å²) in [4.78, 5) is 28.1. The summed E-state index contributed by atoms with van der Waals surface area (Å²) in [6.45, 7) is 5.68. The quantitative estimate of drug-likeness (QED) is 0.410. The summed E-state index contributed by atoms with van der Waals surface area (Å²) in [7, 11) is -1.59. The summed E-state index contributed by atoms with van der Waals surface area (Å²) in [6.07, 6.45) is 2.04. The Bertz CT molecular complexity index is 1120. The first-order valence-corrected chi connectivity index (χ1v) is 13.5. The Morgan fingerprint density at radius 3 is 2.22 bits per heavy atom. The summed E-state index contributed by atoms with van der Waals surface area (Å²) in [5.41, 5.74) is 1.60. The lowest BCUT2D eigenvalue weighted by atomic mass is 10.1. The number of rotatable bonds is 13. The van der Waals surface area contributed by atoms with Crippen molar-refractivity contribution in [3.8, 4) is 0 Å². The third kappa shape index (κ3) is 7.51. The van der Waals surface area contributed by atoms with Crippen molar-refractivity contribution in [1.29, 1.82) is 0 Å². The molecule has 0 unspecified atom stereocenters. The van der Waals surface area contributed by atoms with Crippen molar-refractivity contribution in [3.05, 3.63) is 65.5 Å². The number of amides is 2. The van der Waals surface area contributed by atoms with E-state index in [2.05, 4.69) is 5.32 Å². The molecule has 0 aliphatic heterocycles. The van der Waals surface area contributed by atoms with Crippen LogP contribution in [-0.2, 0) is 26.3 Å². The monoisotopic (exact) mass is 520 g/mol. The van der Waals surface area contributed by atoms with Crippen molar-refractivity contribution in [2.75, 3.05) is 31.5 Å². The summed E-state index contributed by atoms with van der Waals surface area (Å²) in [5.74, 6) is -1.69. The fourth-order valence-corrected chi connectivity index (χ4v) is 4.74. The van der Waals surface area contributed by atoms with Crippen LogP contribution < -0.4 is 9.62 Å². The molecule has 0 fully saturated rings. The molecule has 0 aliphatic carbocycles. The van der Waals surface area contributed by atoms with Crippen molar-refractivity contribution >= 4 is 27.7 Å². The van der Waals surface area contributed by atoms with Crippen LogP contribution in [0.4, 0.5) is 10.1 Å². The second kappa shape index (κ2) is 13.4. The van der Waals surface area contributed by atoms with Gasteiger partial charge in [0.1, 0.15) is 18.4 Å². The first kappa shape index (κ1) is 29.3. The molecular weight excluding hydrogens is 483 g/mol. The van der Waals surface area contributed by atoms with E-state index in [0.29, 0.717) is 13.0 Å². The van der Waals surface area contributed by atoms with Gasteiger partial charge < -0.3 is 10.2 Å². The fraction of sp³-hybridized carbons (Fsp3) is 0.462. The van der Waals surface area contributed by atoms with E-state index in [9.17, 15) is 22.4 Å². The largest absolute Gasteiger partial charge is 0.354 e. The van der Waals surface area contributed by atoms with E-state index >= 15 is 0 Å². The standard InChI is InChI=1S/C26H37FN4O4S/c1-6-8-17-28-26(33)23(7-2)30(18-21-15-13-20(3)14-16-21)25(32)19-31(36(34,35)29(4)5)24-12-10-9-11-22(24)27/h9-16,23H,6-8,17-19H2,1-5H3,(H,28,33)/t23-/m1/s1. The minimum Gasteiger partial charge on any atom is -0.354 e. The number of carbonyl (C=O) groups is 2. The first-order chi connectivity index (χ1) is 17.0. The highest BCUT2D eigenvalue weighted by Gasteiger charge is 2.34. The maximum absolute atomic E-state index is 14.7. The maximum atomic E-state index is 14.7. The van der Waals surface area contributed by atoms with E-state index in [-0.39, 0.29) is 18.1 Å². The molecular formula is C26H37FN4O4S. The number of hydrogen-bond acceptors (Lipinski definition) is 4. The third-order valence-corrected chi connectivity index (χ3v) is 7.63. The van der Waals surface area contributed by atoms with E-state index < -0.39 is 34.5 Å². The zero-order chi connectivity index (χ0) is 26.9. The number of benzene rings is 2. The molecule has 0 spiro atoms. The molecule has 8 nitrogen and oxygen atoms in total. The molecule has 0 saturated carbocycles. The smallest absolute Gasteiger partial charge is 0.304 e. The molecule has 0 saturated heterocycles. The van der Waals surface area contributed by atoms with Crippen LogP contribution in [0.3, 0.4) is 0 Å². The van der Waals surface area contributed by atoms with Crippen LogP contribution in [0.5, 0.6) is 0 Å². The number of hydrogen-bond donors (Lipinski definition) is 1. The van der Waals surface area contributed by atoms with Crippen LogP contribution in [0, 0.1) is 12.7 Å². The lowest BCUT2D eigenvalue weighted by molar-refractivity contribution is -0.140. The van der Waals surface area contributed by atoms with Crippen molar-refractivity contribution in [2.45, 2.75) is 52.6 Å². The number of anilines is 1. The van der Waals surface area contributed by atoms with E-state index in [0.717, 1.165) is 38.6 Å². The number of para-hydroxylation sites is 1. The zero-order valence-electron chi connectivity index (χ0n) is 21.7.